The second kappa shape index (κ2) is 12.9. The van der Waals surface area contributed by atoms with Crippen molar-refractivity contribution in [3.63, 3.8) is 0 Å². The van der Waals surface area contributed by atoms with Gasteiger partial charge >= 0.3 is 5.97 Å². The molecule has 2 saturated carbocycles. The number of hydrogen-bond donors (Lipinski definition) is 5. The van der Waals surface area contributed by atoms with Gasteiger partial charge in [-0.3, -0.25) is 9.36 Å². The number of hydrogen-bond acceptors (Lipinski definition) is 11. The number of unbranched alkanes of at least 4 members (excludes halogenated alkanes) is 3. The van der Waals surface area contributed by atoms with Crippen LogP contribution in [-0.4, -0.2) is 76.9 Å². The molecule has 0 amide bonds. The SMILES string of the molecule is C[C@]12CC[C@@H]3c4ccc(O)cc4CC[C@H]3[C@@H]1C[C@H](CCCCCCC(=O)OC[C@H]1O[C@@H](n3cnc4c(N)ncnc43)[C@H](O)[C@@H]1O)[C@@H]2O. The van der Waals surface area contributed by atoms with Crippen molar-refractivity contribution in [1.29, 1.82) is 0 Å². The number of phenolic OH excluding ortho intramolecular Hbond substituents is 1. The maximum Gasteiger partial charge on any atom is 0.305 e. The molecule has 10 atom stereocenters. The number of esters is 1. The summed E-state index contributed by atoms with van der Waals surface area (Å²) in [5.74, 6) is 2.16. The molecule has 0 radical (unpaired) electrons. The molecule has 0 spiro atoms. The Morgan fingerprint density at radius 1 is 1.11 bits per heavy atom. The number of anilines is 1. The number of aromatic hydroxyl groups is 1. The van der Waals surface area contributed by atoms with Crippen LogP contribution in [0.25, 0.3) is 11.2 Å². The molecule has 12 heteroatoms. The highest BCUT2D eigenvalue weighted by molar-refractivity contribution is 5.81. The number of aliphatic hydroxyl groups is 3. The van der Waals surface area contributed by atoms with Crippen LogP contribution >= 0.6 is 0 Å². The van der Waals surface area contributed by atoms with Gasteiger partial charge in [-0.05, 0) is 97.3 Å². The molecule has 3 fully saturated rings. The van der Waals surface area contributed by atoms with Gasteiger partial charge in [-0.2, -0.15) is 0 Å². The van der Waals surface area contributed by atoms with Gasteiger partial charge < -0.3 is 35.6 Å². The predicted molar refractivity (Wildman–Crippen MR) is 172 cm³/mol. The van der Waals surface area contributed by atoms with E-state index in [-0.39, 0.29) is 36.3 Å². The lowest BCUT2D eigenvalue weighted by molar-refractivity contribution is -0.150. The Balaban J connectivity index is 0.828. The molecule has 12 nitrogen and oxygen atoms in total. The molecule has 3 heterocycles. The third-order valence-corrected chi connectivity index (χ3v) is 11.9. The van der Waals surface area contributed by atoms with E-state index < -0.39 is 24.5 Å². The smallest absolute Gasteiger partial charge is 0.305 e. The standard InChI is InChI=1S/C35H47N5O7/c1-35-13-12-23-22-11-9-21(41)14-19(22)8-10-24(23)25(35)15-20(31(35)45)6-4-2-3-5-7-27(42)46-16-26-29(43)30(44)34(47-26)40-18-39-28-32(36)37-17-38-33(28)40/h9,11,14,17-18,20,23-26,29-31,34,41,43-45H,2-8,10,12-13,15-16H2,1H3,(H2,36,37,38)/t20-,23+,24+,25-,26+,29+,30+,31-,34+,35-/m0/s1. The summed E-state index contributed by atoms with van der Waals surface area (Å²) in [5.41, 5.74) is 9.27. The summed E-state index contributed by atoms with van der Waals surface area (Å²) >= 11 is 0. The number of imidazole rings is 1. The number of ether oxygens (including phenoxy) is 2. The van der Waals surface area contributed by atoms with Gasteiger partial charge in [-0.15, -0.1) is 0 Å². The van der Waals surface area contributed by atoms with Gasteiger partial charge in [0.15, 0.2) is 17.7 Å². The van der Waals surface area contributed by atoms with E-state index >= 15 is 0 Å². The molecule has 3 aromatic rings. The van der Waals surface area contributed by atoms with Crippen LogP contribution in [0.5, 0.6) is 5.75 Å². The first-order valence-corrected chi connectivity index (χ1v) is 17.3. The summed E-state index contributed by atoms with van der Waals surface area (Å²) in [5, 5.41) is 42.6. The maximum atomic E-state index is 12.5. The number of nitrogens with two attached hydrogens (primary N) is 1. The Kier molecular flexibility index (Phi) is 8.88. The van der Waals surface area contributed by atoms with Crippen LogP contribution in [-0.2, 0) is 20.7 Å². The fraction of sp³-hybridized carbons (Fsp3) is 0.657. The van der Waals surface area contributed by atoms with Crippen LogP contribution in [0.15, 0.2) is 30.9 Å². The lowest BCUT2D eigenvalue weighted by Gasteiger charge is -2.50. The molecule has 3 aliphatic carbocycles. The van der Waals surface area contributed by atoms with Crippen LogP contribution in [0, 0.1) is 23.2 Å². The molecule has 254 valence electrons. The van der Waals surface area contributed by atoms with E-state index in [4.69, 9.17) is 15.2 Å². The summed E-state index contributed by atoms with van der Waals surface area (Å²) in [4.78, 5) is 24.7. The van der Waals surface area contributed by atoms with Crippen LogP contribution in [0.3, 0.4) is 0 Å². The highest BCUT2D eigenvalue weighted by Crippen LogP contribution is 2.62. The molecule has 0 unspecified atom stereocenters. The van der Waals surface area contributed by atoms with Gasteiger partial charge in [0.2, 0.25) is 0 Å². The lowest BCUT2D eigenvalue weighted by atomic mass is 9.55. The van der Waals surface area contributed by atoms with Crippen molar-refractivity contribution in [3.8, 4) is 5.75 Å². The zero-order valence-electron chi connectivity index (χ0n) is 26.9. The van der Waals surface area contributed by atoms with E-state index in [0.29, 0.717) is 47.0 Å². The van der Waals surface area contributed by atoms with Crippen molar-refractivity contribution in [1.82, 2.24) is 19.5 Å². The largest absolute Gasteiger partial charge is 0.508 e. The Morgan fingerprint density at radius 2 is 1.94 bits per heavy atom. The number of aryl methyl sites for hydroxylation is 1. The fourth-order valence-electron chi connectivity index (χ4n) is 9.43. The van der Waals surface area contributed by atoms with Crippen molar-refractivity contribution < 1.29 is 34.7 Å². The van der Waals surface area contributed by atoms with Gasteiger partial charge in [0.25, 0.3) is 0 Å². The minimum Gasteiger partial charge on any atom is -0.508 e. The molecule has 7 rings (SSSR count). The van der Waals surface area contributed by atoms with Crippen molar-refractivity contribution in [2.24, 2.45) is 23.2 Å². The molecule has 6 N–H and O–H groups in total. The van der Waals surface area contributed by atoms with Crippen molar-refractivity contribution in [2.75, 3.05) is 12.3 Å². The number of nitrogens with zero attached hydrogens (tertiary/aromatic N) is 4. The number of fused-ring (bicyclic) bond motifs is 6. The first kappa shape index (κ1) is 32.2. The van der Waals surface area contributed by atoms with Gasteiger partial charge in [0, 0.05) is 6.42 Å². The Hall–Kier alpha value is -3.32. The average molecular weight is 650 g/mol. The summed E-state index contributed by atoms with van der Waals surface area (Å²) < 4.78 is 12.7. The third-order valence-electron chi connectivity index (χ3n) is 11.9. The monoisotopic (exact) mass is 649 g/mol. The van der Waals surface area contributed by atoms with Gasteiger partial charge in [-0.25, -0.2) is 15.0 Å². The minimum absolute atomic E-state index is 0.0222. The summed E-state index contributed by atoms with van der Waals surface area (Å²) in [7, 11) is 0. The van der Waals surface area contributed by atoms with Crippen molar-refractivity contribution >= 4 is 23.0 Å². The number of rotatable bonds is 10. The molecule has 1 aromatic carbocycles. The van der Waals surface area contributed by atoms with E-state index in [9.17, 15) is 25.2 Å². The van der Waals surface area contributed by atoms with Gasteiger partial charge in [0.1, 0.15) is 42.5 Å². The van der Waals surface area contributed by atoms with Crippen LogP contribution in [0.1, 0.15) is 94.4 Å². The normalized spacial score (nSPS) is 34.6. The van der Waals surface area contributed by atoms with Crippen LogP contribution in [0.2, 0.25) is 0 Å². The molecule has 1 aliphatic heterocycles. The van der Waals surface area contributed by atoms with E-state index in [1.165, 1.54) is 28.3 Å². The molecule has 4 aliphatic rings. The van der Waals surface area contributed by atoms with Gasteiger partial charge in [-0.1, -0.05) is 32.3 Å². The van der Waals surface area contributed by atoms with E-state index in [1.54, 1.807) is 0 Å². The summed E-state index contributed by atoms with van der Waals surface area (Å²) in [6.45, 7) is 2.14. The molecular weight excluding hydrogens is 602 g/mol. The number of phenols is 1. The molecule has 0 bridgehead atoms. The van der Waals surface area contributed by atoms with Crippen molar-refractivity contribution in [2.45, 2.75) is 114 Å². The minimum atomic E-state index is -1.27. The first-order chi connectivity index (χ1) is 22.7. The van der Waals surface area contributed by atoms with E-state index in [0.717, 1.165) is 57.8 Å². The van der Waals surface area contributed by atoms with E-state index in [1.807, 2.05) is 12.1 Å². The lowest BCUT2D eigenvalue weighted by Crippen LogP contribution is -2.44. The average Bonchev–Trinajstić information content (AvgIpc) is 3.70. The molecular formula is C35H47N5O7. The second-order valence-corrected chi connectivity index (χ2v) is 14.5. The van der Waals surface area contributed by atoms with Crippen LogP contribution in [0.4, 0.5) is 5.82 Å². The third kappa shape index (κ3) is 5.87. The fourth-order valence-corrected chi connectivity index (χ4v) is 9.43. The zero-order chi connectivity index (χ0) is 32.9. The second-order valence-electron chi connectivity index (χ2n) is 14.5. The Labute approximate surface area is 274 Å². The Morgan fingerprint density at radius 3 is 2.79 bits per heavy atom. The van der Waals surface area contributed by atoms with Crippen LogP contribution < -0.4 is 5.73 Å². The van der Waals surface area contributed by atoms with Crippen molar-refractivity contribution in [3.05, 3.63) is 42.0 Å². The summed E-state index contributed by atoms with van der Waals surface area (Å²) in [6.07, 6.45) is 8.33. The predicted octanol–water partition coefficient (Wildman–Crippen LogP) is 3.76. The van der Waals surface area contributed by atoms with Gasteiger partial charge in [0.05, 0.1) is 12.4 Å². The number of carbonyl (C=O) groups excluding carboxylic acids is 1. The number of nitrogen functional groups attached to an aromatic ring is 1. The number of benzene rings is 1. The highest BCUT2D eigenvalue weighted by atomic mass is 16.6. The molecule has 47 heavy (non-hydrogen) atoms. The Bertz CT molecular complexity index is 1600. The maximum absolute atomic E-state index is 12.5. The highest BCUT2D eigenvalue weighted by Gasteiger charge is 2.57. The number of aromatic nitrogens is 4. The molecule has 2 aromatic heterocycles. The number of carbonyl (C=O) groups is 1. The number of aliphatic hydroxyl groups excluding tert-OH is 3. The quantitative estimate of drug-likeness (QED) is 0.159. The van der Waals surface area contributed by atoms with E-state index in [2.05, 4.69) is 27.9 Å². The summed E-state index contributed by atoms with van der Waals surface area (Å²) in [6, 6.07) is 5.90. The first-order valence-electron chi connectivity index (χ1n) is 17.3. The zero-order valence-corrected chi connectivity index (χ0v) is 26.9. The molecule has 1 saturated heterocycles. The topological polar surface area (TPSA) is 186 Å².